The van der Waals surface area contributed by atoms with Gasteiger partial charge < -0.3 is 14.6 Å². The molecule has 0 aliphatic heterocycles. The van der Waals surface area contributed by atoms with E-state index in [-0.39, 0.29) is 25.3 Å². The number of nitrogens with zero attached hydrogens (tertiary/aromatic N) is 2. The van der Waals surface area contributed by atoms with E-state index in [1.165, 1.54) is 6.07 Å². The van der Waals surface area contributed by atoms with Crippen LogP contribution in [0, 0.1) is 12.7 Å². The normalized spacial score (nSPS) is 18.5. The maximum absolute atomic E-state index is 13.7. The van der Waals surface area contributed by atoms with E-state index in [1.54, 1.807) is 36.1 Å². The van der Waals surface area contributed by atoms with Gasteiger partial charge in [-0.2, -0.15) is 0 Å². The highest BCUT2D eigenvalue weighted by molar-refractivity contribution is 5.78. The van der Waals surface area contributed by atoms with Crippen molar-refractivity contribution >= 4 is 5.91 Å². The van der Waals surface area contributed by atoms with Crippen LogP contribution in [0.1, 0.15) is 24.8 Å². The zero-order valence-electron chi connectivity index (χ0n) is 16.9. The second-order valence-electron chi connectivity index (χ2n) is 7.45. The molecule has 1 amide bonds. The molecule has 1 N–H and O–H groups in total. The number of allylic oxidation sites excluding steroid dienone is 1. The van der Waals surface area contributed by atoms with Crippen LogP contribution in [0.4, 0.5) is 17.6 Å². The van der Waals surface area contributed by atoms with Crippen molar-refractivity contribution in [1.82, 2.24) is 14.9 Å². The lowest BCUT2D eigenvalue weighted by Gasteiger charge is -2.34. The monoisotopic (exact) mass is 441 g/mol. The average molecular weight is 441 g/mol. The number of benzene rings is 1. The molecule has 0 radical (unpaired) electrons. The standard InChI is InChI=1S/C21H23F4N3O3/c1-13-3-4-15(7-18(13)22)19-10-28(12-26-19)6-5-14(2)27-20(29)11-30-16-8-17(9-16)31-21(23,24)25/h3-4,7,10,12,16-17H,2,5-6,8-9,11H2,1H3,(H,27,29). The van der Waals surface area contributed by atoms with Crippen LogP contribution in [-0.4, -0.2) is 40.6 Å². The Morgan fingerprint density at radius 3 is 2.74 bits per heavy atom. The molecule has 2 aromatic rings. The summed E-state index contributed by atoms with van der Waals surface area (Å²) in [4.78, 5) is 16.2. The van der Waals surface area contributed by atoms with Gasteiger partial charge in [0.25, 0.3) is 0 Å². The highest BCUT2D eigenvalue weighted by Gasteiger charge is 2.40. The number of amides is 1. The van der Waals surface area contributed by atoms with Crippen molar-refractivity contribution in [3.05, 3.63) is 54.4 Å². The fourth-order valence-electron chi connectivity index (χ4n) is 3.08. The van der Waals surface area contributed by atoms with E-state index in [2.05, 4.69) is 21.6 Å². The largest absolute Gasteiger partial charge is 0.522 e. The molecule has 1 aliphatic carbocycles. The van der Waals surface area contributed by atoms with Crippen LogP contribution in [0.5, 0.6) is 0 Å². The van der Waals surface area contributed by atoms with Crippen LogP contribution >= 0.6 is 0 Å². The molecule has 1 aromatic heterocycles. The third kappa shape index (κ3) is 6.90. The first kappa shape index (κ1) is 23.0. The Morgan fingerprint density at radius 1 is 1.32 bits per heavy atom. The lowest BCUT2D eigenvalue weighted by molar-refractivity contribution is -0.357. The van der Waals surface area contributed by atoms with Gasteiger partial charge in [-0.1, -0.05) is 18.7 Å². The molecule has 0 saturated heterocycles. The summed E-state index contributed by atoms with van der Waals surface area (Å²) in [5.41, 5.74) is 2.34. The second-order valence-corrected chi connectivity index (χ2v) is 7.45. The zero-order valence-corrected chi connectivity index (χ0v) is 16.9. The number of halogens is 4. The maximum Gasteiger partial charge on any atom is 0.522 e. The number of carbonyl (C=O) groups excluding carboxylic acids is 1. The van der Waals surface area contributed by atoms with Gasteiger partial charge in [0.05, 0.1) is 24.2 Å². The smallest absolute Gasteiger partial charge is 0.368 e. The molecule has 31 heavy (non-hydrogen) atoms. The number of imidazole rings is 1. The lowest BCUT2D eigenvalue weighted by Crippen LogP contribution is -2.42. The van der Waals surface area contributed by atoms with Crippen molar-refractivity contribution < 1.29 is 31.8 Å². The Balaban J connectivity index is 1.35. The van der Waals surface area contributed by atoms with Crippen molar-refractivity contribution in [2.75, 3.05) is 6.61 Å². The minimum absolute atomic E-state index is 0.0988. The van der Waals surface area contributed by atoms with Crippen LogP contribution in [0.3, 0.4) is 0 Å². The number of aromatic nitrogens is 2. The van der Waals surface area contributed by atoms with Gasteiger partial charge in [0.2, 0.25) is 5.91 Å². The van der Waals surface area contributed by atoms with E-state index in [0.717, 1.165) is 0 Å². The number of hydrogen-bond donors (Lipinski definition) is 1. The maximum atomic E-state index is 13.7. The van der Waals surface area contributed by atoms with Gasteiger partial charge in [-0.15, -0.1) is 13.2 Å². The molecule has 1 aliphatic rings. The molecular formula is C21H23F4N3O3. The number of alkyl halides is 3. The molecular weight excluding hydrogens is 418 g/mol. The topological polar surface area (TPSA) is 65.4 Å². The number of ether oxygens (including phenoxy) is 2. The summed E-state index contributed by atoms with van der Waals surface area (Å²) in [7, 11) is 0. The van der Waals surface area contributed by atoms with Gasteiger partial charge in [0, 0.05) is 43.3 Å². The highest BCUT2D eigenvalue weighted by Crippen LogP contribution is 2.32. The fourth-order valence-corrected chi connectivity index (χ4v) is 3.08. The highest BCUT2D eigenvalue weighted by atomic mass is 19.4. The first-order valence-corrected chi connectivity index (χ1v) is 9.71. The van der Waals surface area contributed by atoms with Crippen molar-refractivity contribution in [3.63, 3.8) is 0 Å². The first-order chi connectivity index (χ1) is 14.6. The molecule has 3 rings (SSSR count). The van der Waals surface area contributed by atoms with Crippen LogP contribution in [0.15, 0.2) is 43.0 Å². The van der Waals surface area contributed by atoms with Crippen molar-refractivity contribution in [2.24, 2.45) is 0 Å². The Hall–Kier alpha value is -2.72. The first-order valence-electron chi connectivity index (χ1n) is 9.71. The Bertz CT molecular complexity index is 936. The average Bonchev–Trinajstić information content (AvgIpc) is 3.12. The lowest BCUT2D eigenvalue weighted by atomic mass is 9.92. The van der Waals surface area contributed by atoms with Gasteiger partial charge in [0.15, 0.2) is 0 Å². The van der Waals surface area contributed by atoms with Crippen LogP contribution in [0.2, 0.25) is 0 Å². The van der Waals surface area contributed by atoms with Gasteiger partial charge in [-0.3, -0.25) is 9.53 Å². The van der Waals surface area contributed by atoms with E-state index in [0.29, 0.717) is 35.5 Å². The summed E-state index contributed by atoms with van der Waals surface area (Å²) < 4.78 is 60.9. The van der Waals surface area contributed by atoms with E-state index < -0.39 is 24.5 Å². The summed E-state index contributed by atoms with van der Waals surface area (Å²) in [6.07, 6.45) is -1.98. The van der Waals surface area contributed by atoms with Crippen LogP contribution < -0.4 is 5.32 Å². The fraction of sp³-hybridized carbons (Fsp3) is 0.429. The predicted octanol–water partition coefficient (Wildman–Crippen LogP) is 4.10. The van der Waals surface area contributed by atoms with Crippen LogP contribution in [0.25, 0.3) is 11.3 Å². The molecule has 0 unspecified atom stereocenters. The number of nitrogens with one attached hydrogen (secondary N) is 1. The molecule has 10 heteroatoms. The minimum atomic E-state index is -4.66. The van der Waals surface area contributed by atoms with Crippen LogP contribution in [-0.2, 0) is 20.8 Å². The quantitative estimate of drug-likeness (QED) is 0.595. The summed E-state index contributed by atoms with van der Waals surface area (Å²) in [6, 6.07) is 4.92. The van der Waals surface area contributed by atoms with E-state index in [1.807, 2.05) is 0 Å². The van der Waals surface area contributed by atoms with E-state index in [9.17, 15) is 22.4 Å². The van der Waals surface area contributed by atoms with Crippen molar-refractivity contribution in [2.45, 2.75) is 51.3 Å². The summed E-state index contributed by atoms with van der Waals surface area (Å²) >= 11 is 0. The van der Waals surface area contributed by atoms with Gasteiger partial charge in [0.1, 0.15) is 12.4 Å². The number of carbonyl (C=O) groups is 1. The number of hydrogen-bond acceptors (Lipinski definition) is 4. The van der Waals surface area contributed by atoms with E-state index >= 15 is 0 Å². The Labute approximate surface area is 176 Å². The van der Waals surface area contributed by atoms with Gasteiger partial charge >= 0.3 is 6.36 Å². The third-order valence-corrected chi connectivity index (χ3v) is 4.89. The molecule has 1 heterocycles. The Kier molecular flexibility index (Phi) is 7.11. The minimum Gasteiger partial charge on any atom is -0.368 e. The van der Waals surface area contributed by atoms with Gasteiger partial charge in [-0.25, -0.2) is 9.37 Å². The second kappa shape index (κ2) is 9.61. The molecule has 1 saturated carbocycles. The van der Waals surface area contributed by atoms with Gasteiger partial charge in [-0.05, 0) is 18.6 Å². The Morgan fingerprint density at radius 2 is 2.06 bits per heavy atom. The summed E-state index contributed by atoms with van der Waals surface area (Å²) in [5, 5.41) is 2.60. The molecule has 0 atom stereocenters. The predicted molar refractivity (Wildman–Crippen MR) is 104 cm³/mol. The summed E-state index contributed by atoms with van der Waals surface area (Å²) in [6.45, 7) is 5.72. The molecule has 0 bridgehead atoms. The zero-order chi connectivity index (χ0) is 22.6. The molecule has 168 valence electrons. The third-order valence-electron chi connectivity index (χ3n) is 4.89. The molecule has 1 fully saturated rings. The number of aryl methyl sites for hydroxylation is 2. The number of rotatable bonds is 9. The molecule has 6 nitrogen and oxygen atoms in total. The summed E-state index contributed by atoms with van der Waals surface area (Å²) in [5.74, 6) is -0.720. The molecule has 0 spiro atoms. The van der Waals surface area contributed by atoms with E-state index in [4.69, 9.17) is 4.74 Å². The van der Waals surface area contributed by atoms with Crippen molar-refractivity contribution in [3.8, 4) is 11.3 Å². The molecule has 1 aromatic carbocycles. The van der Waals surface area contributed by atoms with Crippen molar-refractivity contribution in [1.29, 1.82) is 0 Å². The SMILES string of the molecule is C=C(CCn1cnc(-c2ccc(C)c(F)c2)c1)NC(=O)COC1CC(OC(F)(F)F)C1.